The lowest BCUT2D eigenvalue weighted by molar-refractivity contribution is -0.130. The molecule has 1 amide bonds. The number of hydrogen-bond donors (Lipinski definition) is 1. The maximum Gasteiger partial charge on any atom is 0.227 e. The number of anilines is 2. The summed E-state index contributed by atoms with van der Waals surface area (Å²) in [7, 11) is 0. The third-order valence-corrected chi connectivity index (χ3v) is 3.94. The Morgan fingerprint density at radius 1 is 1.00 bits per heavy atom. The first kappa shape index (κ1) is 20.1. The average molecular weight is 369 g/mol. The molecule has 5 nitrogen and oxygen atoms in total. The summed E-state index contributed by atoms with van der Waals surface area (Å²) < 4.78 is 0. The number of aromatic nitrogens is 1. The standard InChI is InChI=1S/C17H20N4O.2ClH/c18-15-6-4-14(5-7-15)13-17(22)21-11-9-20(10-12-21)16-3-1-2-8-19-16;;/h1-8H,9-13,18H2;2*1H. The number of halogens is 2. The largest absolute Gasteiger partial charge is 0.399 e. The minimum atomic E-state index is 0. The van der Waals surface area contributed by atoms with Crippen LogP contribution in [0.25, 0.3) is 0 Å². The molecule has 0 bridgehead atoms. The fourth-order valence-corrected chi connectivity index (χ4v) is 2.65. The van der Waals surface area contributed by atoms with E-state index in [0.717, 1.165) is 43.2 Å². The van der Waals surface area contributed by atoms with Gasteiger partial charge in [0.2, 0.25) is 5.91 Å². The molecular formula is C17H22Cl2N4O. The van der Waals surface area contributed by atoms with E-state index >= 15 is 0 Å². The summed E-state index contributed by atoms with van der Waals surface area (Å²) >= 11 is 0. The summed E-state index contributed by atoms with van der Waals surface area (Å²) in [6.07, 6.45) is 2.23. The van der Waals surface area contributed by atoms with E-state index in [9.17, 15) is 4.79 Å². The quantitative estimate of drug-likeness (QED) is 0.844. The van der Waals surface area contributed by atoms with E-state index in [0.29, 0.717) is 6.42 Å². The Labute approximate surface area is 154 Å². The van der Waals surface area contributed by atoms with Crippen molar-refractivity contribution in [1.82, 2.24) is 9.88 Å². The first-order chi connectivity index (χ1) is 10.7. The number of benzene rings is 1. The summed E-state index contributed by atoms with van der Waals surface area (Å²) in [6, 6.07) is 13.4. The van der Waals surface area contributed by atoms with Gasteiger partial charge in [-0.1, -0.05) is 18.2 Å². The van der Waals surface area contributed by atoms with Gasteiger partial charge in [0.05, 0.1) is 6.42 Å². The molecule has 0 radical (unpaired) electrons. The minimum Gasteiger partial charge on any atom is -0.399 e. The zero-order valence-corrected chi connectivity index (χ0v) is 14.9. The predicted octanol–water partition coefficient (Wildman–Crippen LogP) is 2.40. The normalized spacial score (nSPS) is 13.7. The molecule has 1 aromatic carbocycles. The molecule has 1 aliphatic rings. The zero-order chi connectivity index (χ0) is 15.4. The van der Waals surface area contributed by atoms with Crippen molar-refractivity contribution in [3.8, 4) is 0 Å². The highest BCUT2D eigenvalue weighted by Gasteiger charge is 2.21. The number of rotatable bonds is 3. The Morgan fingerprint density at radius 3 is 2.25 bits per heavy atom. The lowest BCUT2D eigenvalue weighted by atomic mass is 10.1. The van der Waals surface area contributed by atoms with Gasteiger partial charge in [-0.15, -0.1) is 24.8 Å². The SMILES string of the molecule is Cl.Cl.Nc1ccc(CC(=O)N2CCN(c3ccccn3)CC2)cc1. The maximum atomic E-state index is 12.4. The van der Waals surface area contributed by atoms with Crippen LogP contribution in [0.2, 0.25) is 0 Å². The van der Waals surface area contributed by atoms with Gasteiger partial charge >= 0.3 is 0 Å². The lowest BCUT2D eigenvalue weighted by Gasteiger charge is -2.35. The van der Waals surface area contributed by atoms with Crippen LogP contribution >= 0.6 is 24.8 Å². The third-order valence-electron chi connectivity index (χ3n) is 3.94. The van der Waals surface area contributed by atoms with Crippen LogP contribution in [0.1, 0.15) is 5.56 Å². The van der Waals surface area contributed by atoms with Crippen molar-refractivity contribution < 1.29 is 4.79 Å². The first-order valence-corrected chi connectivity index (χ1v) is 7.50. The van der Waals surface area contributed by atoms with Crippen molar-refractivity contribution in [2.45, 2.75) is 6.42 Å². The molecule has 0 spiro atoms. The maximum absolute atomic E-state index is 12.4. The minimum absolute atomic E-state index is 0. The van der Waals surface area contributed by atoms with E-state index in [-0.39, 0.29) is 30.7 Å². The molecule has 130 valence electrons. The van der Waals surface area contributed by atoms with E-state index in [2.05, 4.69) is 9.88 Å². The molecule has 1 aliphatic heterocycles. The van der Waals surface area contributed by atoms with Crippen molar-refractivity contribution in [2.75, 3.05) is 36.8 Å². The van der Waals surface area contributed by atoms with Crippen LogP contribution in [0.5, 0.6) is 0 Å². The van der Waals surface area contributed by atoms with E-state index in [1.54, 1.807) is 6.20 Å². The van der Waals surface area contributed by atoms with Crippen LogP contribution in [0.3, 0.4) is 0 Å². The Balaban J connectivity index is 0.00000144. The molecule has 3 rings (SSSR count). The number of hydrogen-bond acceptors (Lipinski definition) is 4. The van der Waals surface area contributed by atoms with E-state index in [1.807, 2.05) is 47.4 Å². The highest BCUT2D eigenvalue weighted by atomic mass is 35.5. The van der Waals surface area contributed by atoms with E-state index in [1.165, 1.54) is 0 Å². The molecule has 1 saturated heterocycles. The number of nitrogens with two attached hydrogens (primary N) is 1. The highest BCUT2D eigenvalue weighted by molar-refractivity contribution is 5.85. The second kappa shape index (κ2) is 9.35. The summed E-state index contributed by atoms with van der Waals surface area (Å²) in [4.78, 5) is 20.9. The predicted molar refractivity (Wildman–Crippen MR) is 102 cm³/mol. The molecule has 0 atom stereocenters. The molecule has 7 heteroatoms. The summed E-state index contributed by atoms with van der Waals surface area (Å²) in [5.74, 6) is 1.15. The van der Waals surface area contributed by atoms with Crippen LogP contribution in [0, 0.1) is 0 Å². The number of carbonyl (C=O) groups is 1. The number of piperazine rings is 1. The summed E-state index contributed by atoms with van der Waals surface area (Å²) in [6.45, 7) is 3.13. The average Bonchev–Trinajstić information content (AvgIpc) is 2.58. The molecular weight excluding hydrogens is 347 g/mol. The van der Waals surface area contributed by atoms with Crippen LogP contribution < -0.4 is 10.6 Å². The second-order valence-corrected chi connectivity index (χ2v) is 5.47. The van der Waals surface area contributed by atoms with Gasteiger partial charge in [0.1, 0.15) is 5.82 Å². The van der Waals surface area contributed by atoms with E-state index in [4.69, 9.17) is 5.73 Å². The van der Waals surface area contributed by atoms with Crippen molar-refractivity contribution in [3.05, 3.63) is 54.2 Å². The number of nitrogens with zero attached hydrogens (tertiary/aromatic N) is 3. The Morgan fingerprint density at radius 2 is 1.67 bits per heavy atom. The van der Waals surface area contributed by atoms with Gasteiger partial charge in [-0.05, 0) is 29.8 Å². The molecule has 1 fully saturated rings. The van der Waals surface area contributed by atoms with Gasteiger partial charge in [-0.2, -0.15) is 0 Å². The summed E-state index contributed by atoms with van der Waals surface area (Å²) in [5, 5.41) is 0. The zero-order valence-electron chi connectivity index (χ0n) is 13.3. The van der Waals surface area contributed by atoms with Gasteiger partial charge < -0.3 is 15.5 Å². The van der Waals surface area contributed by atoms with Crippen LogP contribution in [0.15, 0.2) is 48.7 Å². The second-order valence-electron chi connectivity index (χ2n) is 5.47. The molecule has 0 unspecified atom stereocenters. The molecule has 0 saturated carbocycles. The Bertz CT molecular complexity index is 629. The third kappa shape index (κ3) is 5.01. The molecule has 0 aliphatic carbocycles. The topological polar surface area (TPSA) is 62.5 Å². The van der Waals surface area contributed by atoms with Gasteiger partial charge in [0.15, 0.2) is 0 Å². The first-order valence-electron chi connectivity index (χ1n) is 7.50. The van der Waals surface area contributed by atoms with Crippen LogP contribution in [-0.4, -0.2) is 42.0 Å². The van der Waals surface area contributed by atoms with Gasteiger partial charge in [-0.25, -0.2) is 4.98 Å². The van der Waals surface area contributed by atoms with Crippen molar-refractivity contribution in [1.29, 1.82) is 0 Å². The molecule has 24 heavy (non-hydrogen) atoms. The fourth-order valence-electron chi connectivity index (χ4n) is 2.65. The number of carbonyl (C=O) groups excluding carboxylic acids is 1. The molecule has 2 aromatic rings. The lowest BCUT2D eigenvalue weighted by Crippen LogP contribution is -2.49. The van der Waals surface area contributed by atoms with Gasteiger partial charge in [0.25, 0.3) is 0 Å². The van der Waals surface area contributed by atoms with Crippen LogP contribution in [0.4, 0.5) is 11.5 Å². The number of nitrogen functional groups attached to an aromatic ring is 1. The van der Waals surface area contributed by atoms with E-state index < -0.39 is 0 Å². The Hall–Kier alpha value is -1.98. The molecule has 2 heterocycles. The smallest absolute Gasteiger partial charge is 0.227 e. The van der Waals surface area contributed by atoms with Crippen LogP contribution in [-0.2, 0) is 11.2 Å². The fraction of sp³-hybridized carbons (Fsp3) is 0.294. The Kier molecular flexibility index (Phi) is 7.82. The monoisotopic (exact) mass is 368 g/mol. The van der Waals surface area contributed by atoms with Crippen molar-refractivity contribution in [3.63, 3.8) is 0 Å². The highest BCUT2D eigenvalue weighted by Crippen LogP contribution is 2.14. The van der Waals surface area contributed by atoms with Crippen molar-refractivity contribution in [2.24, 2.45) is 0 Å². The molecule has 1 aromatic heterocycles. The molecule has 2 N–H and O–H groups in total. The number of pyridine rings is 1. The number of amides is 1. The van der Waals surface area contributed by atoms with Gasteiger partial charge in [-0.3, -0.25) is 4.79 Å². The summed E-state index contributed by atoms with van der Waals surface area (Å²) in [5.41, 5.74) is 7.39. The van der Waals surface area contributed by atoms with Crippen molar-refractivity contribution >= 4 is 42.2 Å². The van der Waals surface area contributed by atoms with Gasteiger partial charge in [0, 0.05) is 38.1 Å².